The number of hydrogen-bond donors (Lipinski definition) is 1. The molecule has 0 aliphatic carbocycles. The monoisotopic (exact) mass is 243 g/mol. The summed E-state index contributed by atoms with van der Waals surface area (Å²) in [5.74, 6) is 0.551. The molecule has 0 aliphatic heterocycles. The van der Waals surface area contributed by atoms with E-state index < -0.39 is 0 Å². The molecule has 0 spiro atoms. The zero-order valence-electron chi connectivity index (χ0n) is 10.9. The normalized spacial score (nSPS) is 12.2. The van der Waals surface area contributed by atoms with Crippen molar-refractivity contribution in [2.75, 3.05) is 5.32 Å². The molecule has 0 saturated carbocycles. The van der Waals surface area contributed by atoms with Gasteiger partial charge in [0.15, 0.2) is 0 Å². The summed E-state index contributed by atoms with van der Waals surface area (Å²) in [7, 11) is 0. The van der Waals surface area contributed by atoms with Crippen LogP contribution in [0.3, 0.4) is 0 Å². The fourth-order valence-corrected chi connectivity index (χ4v) is 1.64. The number of hydrogen-bond acceptors (Lipinski definition) is 5. The predicted molar refractivity (Wildman–Crippen MR) is 70.2 cm³/mol. The van der Waals surface area contributed by atoms with Crippen LogP contribution in [-0.4, -0.2) is 20.2 Å². The standard InChI is InChI=1S/C13H17N5/c1-4-11(12-7-5-6-8-14-12)16-13-15-9(2)10(3)17-18-13/h5-8,11H,4H2,1-3H3,(H,15,16,18)/t11-/m0/s1. The van der Waals surface area contributed by atoms with E-state index in [1.165, 1.54) is 0 Å². The Balaban J connectivity index is 2.18. The summed E-state index contributed by atoms with van der Waals surface area (Å²) in [4.78, 5) is 8.72. The van der Waals surface area contributed by atoms with Crippen LogP contribution in [0.25, 0.3) is 0 Å². The van der Waals surface area contributed by atoms with Gasteiger partial charge in [0.2, 0.25) is 5.95 Å². The third kappa shape index (κ3) is 2.80. The molecular weight excluding hydrogens is 226 g/mol. The Hall–Kier alpha value is -2.04. The van der Waals surface area contributed by atoms with Gasteiger partial charge in [-0.25, -0.2) is 4.98 Å². The van der Waals surface area contributed by atoms with E-state index in [2.05, 4.69) is 32.4 Å². The minimum absolute atomic E-state index is 0.107. The first-order valence-electron chi connectivity index (χ1n) is 6.06. The van der Waals surface area contributed by atoms with Crippen molar-refractivity contribution in [3.63, 3.8) is 0 Å². The maximum atomic E-state index is 4.37. The highest BCUT2D eigenvalue weighted by molar-refractivity contribution is 5.29. The van der Waals surface area contributed by atoms with Gasteiger partial charge in [-0.2, -0.15) is 5.10 Å². The fraction of sp³-hybridized carbons (Fsp3) is 0.385. The smallest absolute Gasteiger partial charge is 0.243 e. The second-order valence-electron chi connectivity index (χ2n) is 4.17. The van der Waals surface area contributed by atoms with Crippen molar-refractivity contribution < 1.29 is 0 Å². The van der Waals surface area contributed by atoms with E-state index in [0.717, 1.165) is 23.5 Å². The van der Waals surface area contributed by atoms with Gasteiger partial charge in [-0.15, -0.1) is 5.10 Å². The summed E-state index contributed by atoms with van der Waals surface area (Å²) in [6.45, 7) is 5.92. The Morgan fingerprint density at radius 2 is 2.00 bits per heavy atom. The first kappa shape index (κ1) is 12.4. The van der Waals surface area contributed by atoms with Gasteiger partial charge in [0.1, 0.15) is 0 Å². The number of nitrogens with zero attached hydrogens (tertiary/aromatic N) is 4. The Morgan fingerprint density at radius 3 is 2.61 bits per heavy atom. The van der Waals surface area contributed by atoms with Crippen molar-refractivity contribution in [1.29, 1.82) is 0 Å². The van der Waals surface area contributed by atoms with Crippen LogP contribution >= 0.6 is 0 Å². The Kier molecular flexibility index (Phi) is 3.82. The summed E-state index contributed by atoms with van der Waals surface area (Å²) in [5.41, 5.74) is 2.73. The van der Waals surface area contributed by atoms with Gasteiger partial charge in [0, 0.05) is 6.20 Å². The highest BCUT2D eigenvalue weighted by Crippen LogP contribution is 2.18. The highest BCUT2D eigenvalue weighted by atomic mass is 15.2. The van der Waals surface area contributed by atoms with Crippen molar-refractivity contribution in [3.05, 3.63) is 41.5 Å². The maximum absolute atomic E-state index is 4.37. The summed E-state index contributed by atoms with van der Waals surface area (Å²) in [6, 6.07) is 5.99. The van der Waals surface area contributed by atoms with Gasteiger partial charge in [-0.3, -0.25) is 4.98 Å². The number of aromatic nitrogens is 4. The van der Waals surface area contributed by atoms with Gasteiger partial charge < -0.3 is 5.32 Å². The zero-order valence-corrected chi connectivity index (χ0v) is 10.9. The number of aryl methyl sites for hydroxylation is 2. The molecule has 0 amide bonds. The Morgan fingerprint density at radius 1 is 1.17 bits per heavy atom. The van der Waals surface area contributed by atoms with Crippen molar-refractivity contribution in [3.8, 4) is 0 Å². The van der Waals surface area contributed by atoms with Crippen LogP contribution in [0, 0.1) is 13.8 Å². The average Bonchev–Trinajstić information content (AvgIpc) is 2.41. The van der Waals surface area contributed by atoms with Gasteiger partial charge >= 0.3 is 0 Å². The van der Waals surface area contributed by atoms with Crippen LogP contribution in [0.2, 0.25) is 0 Å². The summed E-state index contributed by atoms with van der Waals surface area (Å²) in [5, 5.41) is 11.4. The molecule has 0 radical (unpaired) electrons. The number of nitrogens with one attached hydrogen (secondary N) is 1. The van der Waals surface area contributed by atoms with Crippen molar-refractivity contribution in [1.82, 2.24) is 20.2 Å². The van der Waals surface area contributed by atoms with Crippen LogP contribution in [0.4, 0.5) is 5.95 Å². The minimum atomic E-state index is 0.107. The third-order valence-electron chi connectivity index (χ3n) is 2.85. The molecule has 0 fully saturated rings. The Labute approximate surface area is 107 Å². The second kappa shape index (κ2) is 5.53. The zero-order chi connectivity index (χ0) is 13.0. The van der Waals surface area contributed by atoms with Crippen molar-refractivity contribution in [2.45, 2.75) is 33.2 Å². The molecule has 94 valence electrons. The van der Waals surface area contributed by atoms with E-state index in [1.54, 1.807) is 6.20 Å². The third-order valence-corrected chi connectivity index (χ3v) is 2.85. The number of anilines is 1. The van der Waals surface area contributed by atoms with E-state index >= 15 is 0 Å². The molecule has 0 unspecified atom stereocenters. The molecule has 5 heteroatoms. The van der Waals surface area contributed by atoms with Gasteiger partial charge in [-0.05, 0) is 32.4 Å². The van der Waals surface area contributed by atoms with E-state index in [4.69, 9.17) is 0 Å². The highest BCUT2D eigenvalue weighted by Gasteiger charge is 2.12. The van der Waals surface area contributed by atoms with Crippen LogP contribution in [0.5, 0.6) is 0 Å². The predicted octanol–water partition coefficient (Wildman–Crippen LogP) is 2.45. The molecule has 18 heavy (non-hydrogen) atoms. The molecular formula is C13H17N5. The second-order valence-corrected chi connectivity index (χ2v) is 4.17. The SMILES string of the molecule is CC[C@H](Nc1nnc(C)c(C)n1)c1ccccn1. The lowest BCUT2D eigenvalue weighted by molar-refractivity contribution is 0.706. The first-order chi connectivity index (χ1) is 8.70. The van der Waals surface area contributed by atoms with E-state index in [9.17, 15) is 0 Å². The van der Waals surface area contributed by atoms with Gasteiger partial charge in [0.05, 0.1) is 23.1 Å². The lowest BCUT2D eigenvalue weighted by atomic mass is 10.1. The summed E-state index contributed by atoms with van der Waals surface area (Å²) < 4.78 is 0. The first-order valence-corrected chi connectivity index (χ1v) is 6.06. The molecule has 2 aromatic heterocycles. The Bertz CT molecular complexity index is 512. The molecule has 2 aromatic rings. The number of rotatable bonds is 4. The molecule has 0 aromatic carbocycles. The quantitative estimate of drug-likeness (QED) is 0.893. The average molecular weight is 243 g/mol. The van der Waals surface area contributed by atoms with Crippen LogP contribution < -0.4 is 5.32 Å². The fourth-order valence-electron chi connectivity index (χ4n) is 1.64. The van der Waals surface area contributed by atoms with E-state index in [1.807, 2.05) is 32.0 Å². The van der Waals surface area contributed by atoms with Crippen molar-refractivity contribution in [2.24, 2.45) is 0 Å². The van der Waals surface area contributed by atoms with Crippen LogP contribution in [0.1, 0.15) is 36.5 Å². The molecule has 2 rings (SSSR count). The van der Waals surface area contributed by atoms with E-state index in [-0.39, 0.29) is 6.04 Å². The number of pyridine rings is 1. The van der Waals surface area contributed by atoms with Gasteiger partial charge in [0.25, 0.3) is 0 Å². The van der Waals surface area contributed by atoms with Crippen LogP contribution in [0.15, 0.2) is 24.4 Å². The molecule has 0 saturated heterocycles. The molecule has 0 bridgehead atoms. The minimum Gasteiger partial charge on any atom is -0.345 e. The largest absolute Gasteiger partial charge is 0.345 e. The van der Waals surface area contributed by atoms with Crippen LogP contribution in [-0.2, 0) is 0 Å². The van der Waals surface area contributed by atoms with E-state index in [0.29, 0.717) is 5.95 Å². The maximum Gasteiger partial charge on any atom is 0.243 e. The lowest BCUT2D eigenvalue weighted by Gasteiger charge is -2.16. The molecule has 5 nitrogen and oxygen atoms in total. The molecule has 2 heterocycles. The molecule has 0 aliphatic rings. The summed E-state index contributed by atoms with van der Waals surface area (Å²) in [6.07, 6.45) is 2.70. The van der Waals surface area contributed by atoms with Crippen molar-refractivity contribution >= 4 is 5.95 Å². The lowest BCUT2D eigenvalue weighted by Crippen LogP contribution is -2.14. The summed E-state index contributed by atoms with van der Waals surface area (Å²) >= 11 is 0. The molecule has 1 N–H and O–H groups in total. The molecule has 1 atom stereocenters. The van der Waals surface area contributed by atoms with Gasteiger partial charge in [-0.1, -0.05) is 13.0 Å². The topological polar surface area (TPSA) is 63.6 Å².